The lowest BCUT2D eigenvalue weighted by Crippen LogP contribution is -2.03. The quantitative estimate of drug-likeness (QED) is 0.867. The first-order valence-corrected chi connectivity index (χ1v) is 7.84. The van der Waals surface area contributed by atoms with Gasteiger partial charge < -0.3 is 5.73 Å². The summed E-state index contributed by atoms with van der Waals surface area (Å²) in [5.41, 5.74) is 7.05. The van der Waals surface area contributed by atoms with Crippen LogP contribution in [0.5, 0.6) is 0 Å². The summed E-state index contributed by atoms with van der Waals surface area (Å²) in [6.45, 7) is 0. The first-order valence-electron chi connectivity index (χ1n) is 6.14. The molecule has 2 heterocycles. The molecule has 0 amide bonds. The number of rotatable bonds is 2. The zero-order chi connectivity index (χ0) is 11.7. The third kappa shape index (κ3) is 2.24. The molecule has 0 unspecified atom stereocenters. The van der Waals surface area contributed by atoms with Gasteiger partial charge in [-0.3, -0.25) is 0 Å². The van der Waals surface area contributed by atoms with E-state index in [9.17, 15) is 0 Å². The summed E-state index contributed by atoms with van der Waals surface area (Å²) >= 11 is 3.45. The summed E-state index contributed by atoms with van der Waals surface area (Å²) in [5.74, 6) is 0.690. The standard InChI is InChI=1S/C13H16N2S2/c14-13-15-11(10-7-4-8-16-10)12(17-13)9-5-2-1-3-6-9/h4,7-9H,1-3,5-6H2,(H2,14,15). The average molecular weight is 264 g/mol. The second kappa shape index (κ2) is 4.78. The number of hydrogen-bond acceptors (Lipinski definition) is 4. The predicted molar refractivity (Wildman–Crippen MR) is 75.7 cm³/mol. The van der Waals surface area contributed by atoms with Crippen molar-refractivity contribution in [2.75, 3.05) is 5.73 Å². The van der Waals surface area contributed by atoms with Gasteiger partial charge in [0.2, 0.25) is 0 Å². The van der Waals surface area contributed by atoms with E-state index in [0.29, 0.717) is 11.0 Å². The molecule has 1 saturated carbocycles. The number of nitrogen functional groups attached to an aromatic ring is 1. The fourth-order valence-corrected chi connectivity index (χ4v) is 4.39. The van der Waals surface area contributed by atoms with Crippen LogP contribution >= 0.6 is 22.7 Å². The van der Waals surface area contributed by atoms with Gasteiger partial charge in [0.05, 0.1) is 10.6 Å². The topological polar surface area (TPSA) is 38.9 Å². The van der Waals surface area contributed by atoms with Gasteiger partial charge in [0.25, 0.3) is 0 Å². The van der Waals surface area contributed by atoms with Gasteiger partial charge in [0.1, 0.15) is 0 Å². The van der Waals surface area contributed by atoms with Crippen molar-refractivity contribution in [3.63, 3.8) is 0 Å². The maximum absolute atomic E-state index is 5.90. The Morgan fingerprint density at radius 1 is 1.24 bits per heavy atom. The van der Waals surface area contributed by atoms with Crippen LogP contribution in [0.3, 0.4) is 0 Å². The van der Waals surface area contributed by atoms with Gasteiger partial charge >= 0.3 is 0 Å². The van der Waals surface area contributed by atoms with Crippen LogP contribution in [0.2, 0.25) is 0 Å². The van der Waals surface area contributed by atoms with Crippen molar-refractivity contribution >= 4 is 27.8 Å². The summed E-state index contributed by atoms with van der Waals surface area (Å²) in [5, 5.41) is 2.82. The van der Waals surface area contributed by atoms with Crippen LogP contribution in [0, 0.1) is 0 Å². The second-order valence-corrected chi connectivity index (χ2v) is 6.59. The molecule has 2 nitrogen and oxygen atoms in total. The van der Waals surface area contributed by atoms with Crippen LogP contribution in [0.1, 0.15) is 42.9 Å². The lowest BCUT2D eigenvalue weighted by atomic mass is 9.87. The van der Waals surface area contributed by atoms with E-state index in [1.807, 2.05) is 0 Å². The molecule has 0 radical (unpaired) electrons. The molecule has 0 aliphatic heterocycles. The van der Waals surface area contributed by atoms with Crippen molar-refractivity contribution < 1.29 is 0 Å². The van der Waals surface area contributed by atoms with E-state index in [0.717, 1.165) is 5.69 Å². The van der Waals surface area contributed by atoms with Gasteiger partial charge in [-0.05, 0) is 30.2 Å². The number of thiophene rings is 1. The largest absolute Gasteiger partial charge is 0.375 e. The molecule has 1 fully saturated rings. The van der Waals surface area contributed by atoms with E-state index in [1.165, 1.54) is 41.9 Å². The molecule has 0 bridgehead atoms. The molecule has 2 N–H and O–H groups in total. The summed E-state index contributed by atoms with van der Waals surface area (Å²) in [6.07, 6.45) is 6.71. The third-order valence-corrected chi connectivity index (χ3v) is 5.32. The Labute approximate surface area is 110 Å². The van der Waals surface area contributed by atoms with E-state index in [1.54, 1.807) is 22.7 Å². The van der Waals surface area contributed by atoms with Crippen LogP contribution < -0.4 is 5.73 Å². The lowest BCUT2D eigenvalue weighted by molar-refractivity contribution is 0.448. The minimum Gasteiger partial charge on any atom is -0.375 e. The molecule has 4 heteroatoms. The molecule has 3 rings (SSSR count). The van der Waals surface area contributed by atoms with Gasteiger partial charge in [0, 0.05) is 4.88 Å². The molecule has 90 valence electrons. The molecule has 0 spiro atoms. The Morgan fingerprint density at radius 2 is 2.06 bits per heavy atom. The van der Waals surface area contributed by atoms with Gasteiger partial charge in [-0.2, -0.15) is 0 Å². The summed E-state index contributed by atoms with van der Waals surface area (Å²) in [7, 11) is 0. The van der Waals surface area contributed by atoms with E-state index >= 15 is 0 Å². The zero-order valence-electron chi connectivity index (χ0n) is 9.69. The molecule has 17 heavy (non-hydrogen) atoms. The Hall–Kier alpha value is -0.870. The van der Waals surface area contributed by atoms with Crippen molar-refractivity contribution in [2.45, 2.75) is 38.0 Å². The highest BCUT2D eigenvalue weighted by atomic mass is 32.1. The van der Waals surface area contributed by atoms with Gasteiger partial charge in [-0.1, -0.05) is 25.3 Å². The predicted octanol–water partition coefficient (Wildman–Crippen LogP) is 4.50. The monoisotopic (exact) mass is 264 g/mol. The van der Waals surface area contributed by atoms with E-state index in [-0.39, 0.29) is 0 Å². The molecular formula is C13H16N2S2. The maximum Gasteiger partial charge on any atom is 0.180 e. The minimum absolute atomic E-state index is 0.690. The molecule has 2 aromatic rings. The SMILES string of the molecule is Nc1nc(-c2cccs2)c(C2CCCCC2)s1. The van der Waals surface area contributed by atoms with Crippen molar-refractivity contribution in [2.24, 2.45) is 0 Å². The van der Waals surface area contributed by atoms with Gasteiger partial charge in [-0.15, -0.1) is 22.7 Å². The third-order valence-electron chi connectivity index (χ3n) is 3.40. The van der Waals surface area contributed by atoms with Crippen molar-refractivity contribution in [1.82, 2.24) is 4.98 Å². The highest BCUT2D eigenvalue weighted by molar-refractivity contribution is 7.17. The molecule has 1 aliphatic carbocycles. The Kier molecular flexibility index (Phi) is 3.16. The first-order chi connectivity index (χ1) is 8.34. The molecule has 0 aromatic carbocycles. The average Bonchev–Trinajstić information content (AvgIpc) is 2.98. The number of anilines is 1. The van der Waals surface area contributed by atoms with Crippen LogP contribution in [-0.4, -0.2) is 4.98 Å². The van der Waals surface area contributed by atoms with E-state index in [4.69, 9.17) is 5.73 Å². The minimum atomic E-state index is 0.690. The van der Waals surface area contributed by atoms with Gasteiger partial charge in [-0.25, -0.2) is 4.98 Å². The number of nitrogens with two attached hydrogens (primary N) is 1. The number of nitrogens with zero attached hydrogens (tertiary/aromatic N) is 1. The number of thiazole rings is 1. The Balaban J connectivity index is 1.98. The molecule has 0 atom stereocenters. The Morgan fingerprint density at radius 3 is 2.76 bits per heavy atom. The molecule has 2 aromatic heterocycles. The van der Waals surface area contributed by atoms with E-state index < -0.39 is 0 Å². The van der Waals surface area contributed by atoms with Crippen molar-refractivity contribution in [3.05, 3.63) is 22.4 Å². The van der Waals surface area contributed by atoms with Crippen molar-refractivity contribution in [1.29, 1.82) is 0 Å². The summed E-state index contributed by atoms with van der Waals surface area (Å²) in [4.78, 5) is 7.22. The zero-order valence-corrected chi connectivity index (χ0v) is 11.3. The van der Waals surface area contributed by atoms with Crippen LogP contribution in [0.25, 0.3) is 10.6 Å². The fraction of sp³-hybridized carbons (Fsp3) is 0.462. The summed E-state index contributed by atoms with van der Waals surface area (Å²) < 4.78 is 0. The number of hydrogen-bond donors (Lipinski definition) is 1. The summed E-state index contributed by atoms with van der Waals surface area (Å²) in [6, 6.07) is 4.23. The van der Waals surface area contributed by atoms with Gasteiger partial charge in [0.15, 0.2) is 5.13 Å². The molecule has 1 aliphatic rings. The lowest BCUT2D eigenvalue weighted by Gasteiger charge is -2.20. The van der Waals surface area contributed by atoms with E-state index in [2.05, 4.69) is 22.5 Å². The van der Waals surface area contributed by atoms with Crippen LogP contribution in [0.15, 0.2) is 17.5 Å². The number of aromatic nitrogens is 1. The van der Waals surface area contributed by atoms with Crippen LogP contribution in [0.4, 0.5) is 5.13 Å². The highest BCUT2D eigenvalue weighted by Crippen LogP contribution is 2.42. The maximum atomic E-state index is 5.90. The fourth-order valence-electron chi connectivity index (χ4n) is 2.58. The normalized spacial score (nSPS) is 17.4. The molecule has 0 saturated heterocycles. The molecular weight excluding hydrogens is 248 g/mol. The van der Waals surface area contributed by atoms with Crippen LogP contribution in [-0.2, 0) is 0 Å². The smallest absolute Gasteiger partial charge is 0.180 e. The van der Waals surface area contributed by atoms with Crippen molar-refractivity contribution in [3.8, 4) is 10.6 Å². The highest BCUT2D eigenvalue weighted by Gasteiger charge is 2.23. The first kappa shape index (κ1) is 11.2. The second-order valence-electron chi connectivity index (χ2n) is 4.58. The Bertz CT molecular complexity index is 481.